The maximum Gasteiger partial charge on any atom is 0.412 e. The molecule has 7 nitrogen and oxygen atoms in total. The van der Waals surface area contributed by atoms with Gasteiger partial charge in [0.1, 0.15) is 18.0 Å². The van der Waals surface area contributed by atoms with Crippen molar-refractivity contribution in [3.63, 3.8) is 0 Å². The number of carbonyl (C=O) groups excluding carboxylic acids is 2. The van der Waals surface area contributed by atoms with E-state index in [1.807, 2.05) is 23.1 Å². The summed E-state index contributed by atoms with van der Waals surface area (Å²) >= 11 is 6.11. The minimum Gasteiger partial charge on any atom is -0.491 e. The van der Waals surface area contributed by atoms with Gasteiger partial charge in [-0.15, -0.1) is 0 Å². The second kappa shape index (κ2) is 10.7. The molecule has 0 aromatic heterocycles. The van der Waals surface area contributed by atoms with Crippen LogP contribution in [0.4, 0.5) is 10.5 Å². The molecule has 2 aromatic rings. The lowest BCUT2D eigenvalue weighted by atomic mass is 10.1. The van der Waals surface area contributed by atoms with Crippen LogP contribution in [0.15, 0.2) is 48.5 Å². The molecule has 172 valence electrons. The summed E-state index contributed by atoms with van der Waals surface area (Å²) in [7, 11) is 0. The number of ether oxygens (including phenoxy) is 2. The molecular formula is C24H30ClN3O4. The number of halogens is 1. The van der Waals surface area contributed by atoms with Crippen molar-refractivity contribution in [2.24, 2.45) is 0 Å². The zero-order valence-corrected chi connectivity index (χ0v) is 19.5. The molecule has 1 aliphatic heterocycles. The first-order chi connectivity index (χ1) is 15.2. The summed E-state index contributed by atoms with van der Waals surface area (Å²) in [6.45, 7) is 9.52. The normalized spacial score (nSPS) is 14.7. The van der Waals surface area contributed by atoms with Crippen molar-refractivity contribution in [3.8, 4) is 5.75 Å². The van der Waals surface area contributed by atoms with Crippen LogP contribution in [0.25, 0.3) is 0 Å². The van der Waals surface area contributed by atoms with Crippen molar-refractivity contribution < 1.29 is 19.1 Å². The third-order valence-electron chi connectivity index (χ3n) is 4.92. The molecule has 0 atom stereocenters. The van der Waals surface area contributed by atoms with E-state index in [1.165, 1.54) is 0 Å². The van der Waals surface area contributed by atoms with E-state index in [9.17, 15) is 9.59 Å². The van der Waals surface area contributed by atoms with Gasteiger partial charge in [0.05, 0.1) is 5.02 Å². The number of hydrogen-bond acceptors (Lipinski definition) is 5. The number of piperazine rings is 1. The molecule has 3 rings (SSSR count). The molecule has 32 heavy (non-hydrogen) atoms. The highest BCUT2D eigenvalue weighted by Crippen LogP contribution is 2.23. The second-order valence-corrected chi connectivity index (χ2v) is 9.03. The predicted octanol–water partition coefficient (Wildman–Crippen LogP) is 4.52. The van der Waals surface area contributed by atoms with Gasteiger partial charge >= 0.3 is 6.09 Å². The Kier molecular flexibility index (Phi) is 7.99. The molecule has 1 fully saturated rings. The maximum absolute atomic E-state index is 12.9. The zero-order valence-electron chi connectivity index (χ0n) is 18.8. The molecule has 1 saturated heterocycles. The van der Waals surface area contributed by atoms with Gasteiger partial charge in [-0.25, -0.2) is 4.79 Å². The summed E-state index contributed by atoms with van der Waals surface area (Å²) in [4.78, 5) is 29.0. The van der Waals surface area contributed by atoms with E-state index >= 15 is 0 Å². The molecule has 2 amide bonds. The van der Waals surface area contributed by atoms with Gasteiger partial charge in [-0.3, -0.25) is 15.0 Å². The number of rotatable bonds is 6. The quantitative estimate of drug-likeness (QED) is 0.687. The van der Waals surface area contributed by atoms with E-state index in [-0.39, 0.29) is 5.91 Å². The Morgan fingerprint density at radius 2 is 1.75 bits per heavy atom. The number of benzene rings is 2. The average Bonchev–Trinajstić information content (AvgIpc) is 2.74. The predicted molar refractivity (Wildman–Crippen MR) is 126 cm³/mol. The van der Waals surface area contributed by atoms with E-state index in [4.69, 9.17) is 21.1 Å². The first-order valence-electron chi connectivity index (χ1n) is 10.7. The summed E-state index contributed by atoms with van der Waals surface area (Å²) in [6.07, 6.45) is -0.547. The van der Waals surface area contributed by atoms with Crippen LogP contribution in [-0.4, -0.2) is 66.7 Å². The number of nitrogens with zero attached hydrogens (tertiary/aromatic N) is 2. The summed E-state index contributed by atoms with van der Waals surface area (Å²) in [5, 5.41) is 3.28. The van der Waals surface area contributed by atoms with Crippen LogP contribution in [-0.2, 0) is 4.74 Å². The van der Waals surface area contributed by atoms with E-state index < -0.39 is 11.7 Å². The van der Waals surface area contributed by atoms with Crippen LogP contribution in [0.2, 0.25) is 5.02 Å². The van der Waals surface area contributed by atoms with Gasteiger partial charge in [0, 0.05) is 44.0 Å². The highest BCUT2D eigenvalue weighted by atomic mass is 35.5. The smallest absolute Gasteiger partial charge is 0.412 e. The molecule has 0 unspecified atom stereocenters. The second-order valence-electron chi connectivity index (χ2n) is 8.62. The van der Waals surface area contributed by atoms with Crippen LogP contribution in [0, 0.1) is 0 Å². The summed E-state index contributed by atoms with van der Waals surface area (Å²) < 4.78 is 11.0. The number of carbonyl (C=O) groups is 2. The van der Waals surface area contributed by atoms with Crippen LogP contribution in [0.1, 0.15) is 31.1 Å². The molecule has 1 aliphatic rings. The fraction of sp³-hybridized carbons (Fsp3) is 0.417. The van der Waals surface area contributed by atoms with E-state index in [1.54, 1.807) is 51.1 Å². The summed E-state index contributed by atoms with van der Waals surface area (Å²) in [6, 6.07) is 14.3. The van der Waals surface area contributed by atoms with Crippen molar-refractivity contribution in [2.75, 3.05) is 44.6 Å². The number of nitrogens with one attached hydrogen (secondary N) is 1. The van der Waals surface area contributed by atoms with E-state index in [2.05, 4.69) is 10.2 Å². The average molecular weight is 460 g/mol. The molecule has 1 N–H and O–H groups in total. The summed E-state index contributed by atoms with van der Waals surface area (Å²) in [5.74, 6) is 0.632. The number of amides is 2. The molecule has 0 bridgehead atoms. The molecule has 1 heterocycles. The van der Waals surface area contributed by atoms with Crippen molar-refractivity contribution >= 4 is 29.3 Å². The van der Waals surface area contributed by atoms with Crippen LogP contribution >= 0.6 is 11.6 Å². The fourth-order valence-corrected chi connectivity index (χ4v) is 3.55. The molecule has 0 spiro atoms. The number of anilines is 1. The first kappa shape index (κ1) is 23.9. The van der Waals surface area contributed by atoms with Gasteiger partial charge in [0.25, 0.3) is 5.91 Å². The Morgan fingerprint density at radius 3 is 2.44 bits per heavy atom. The van der Waals surface area contributed by atoms with Gasteiger partial charge in [0.15, 0.2) is 0 Å². The third-order valence-corrected chi connectivity index (χ3v) is 5.23. The fourth-order valence-electron chi connectivity index (χ4n) is 3.36. The molecule has 2 aromatic carbocycles. The van der Waals surface area contributed by atoms with Crippen molar-refractivity contribution in [1.29, 1.82) is 0 Å². The van der Waals surface area contributed by atoms with Gasteiger partial charge in [0.2, 0.25) is 0 Å². The van der Waals surface area contributed by atoms with E-state index in [0.717, 1.165) is 19.6 Å². The number of hydrogen-bond donors (Lipinski definition) is 1. The molecule has 0 aliphatic carbocycles. The van der Waals surface area contributed by atoms with Crippen LogP contribution in [0.5, 0.6) is 5.75 Å². The lowest BCUT2D eigenvalue weighted by Crippen LogP contribution is -2.49. The Balaban J connectivity index is 1.46. The lowest BCUT2D eigenvalue weighted by molar-refractivity contribution is 0.0614. The van der Waals surface area contributed by atoms with Crippen molar-refractivity contribution in [3.05, 3.63) is 59.1 Å². The number of para-hydroxylation sites is 1. The monoisotopic (exact) mass is 459 g/mol. The van der Waals surface area contributed by atoms with Gasteiger partial charge in [-0.2, -0.15) is 0 Å². The third kappa shape index (κ3) is 7.14. The lowest BCUT2D eigenvalue weighted by Gasteiger charge is -2.34. The Bertz CT molecular complexity index is 937. The minimum atomic E-state index is -0.588. The van der Waals surface area contributed by atoms with Crippen molar-refractivity contribution in [1.82, 2.24) is 9.80 Å². The van der Waals surface area contributed by atoms with Crippen LogP contribution in [0.3, 0.4) is 0 Å². The largest absolute Gasteiger partial charge is 0.491 e. The Morgan fingerprint density at radius 1 is 1.03 bits per heavy atom. The molecule has 0 radical (unpaired) electrons. The topological polar surface area (TPSA) is 71.1 Å². The Labute approximate surface area is 194 Å². The molecule has 8 heteroatoms. The van der Waals surface area contributed by atoms with Gasteiger partial charge in [-0.05, 0) is 51.1 Å². The maximum atomic E-state index is 12.9. The first-order valence-corrected chi connectivity index (χ1v) is 11.1. The van der Waals surface area contributed by atoms with Crippen molar-refractivity contribution in [2.45, 2.75) is 26.4 Å². The minimum absolute atomic E-state index is 0.0511. The summed E-state index contributed by atoms with van der Waals surface area (Å²) in [5.41, 5.74) is 0.477. The Hall–Kier alpha value is -2.77. The SMILES string of the molecule is CC(C)(C)OC(=O)Nc1cccc(C(=O)N2CCN(CCOc3ccccc3Cl)CC2)c1. The van der Waals surface area contributed by atoms with Gasteiger partial charge < -0.3 is 14.4 Å². The molecular weight excluding hydrogens is 430 g/mol. The standard InChI is InChI=1S/C24H30ClN3O4/c1-24(2,3)32-23(30)26-19-8-6-7-18(17-19)22(29)28-13-11-27(12-14-28)15-16-31-21-10-5-4-9-20(21)25/h4-10,17H,11-16H2,1-3H3,(H,26,30). The highest BCUT2D eigenvalue weighted by Gasteiger charge is 2.23. The van der Waals surface area contributed by atoms with Crippen LogP contribution < -0.4 is 10.1 Å². The molecule has 0 saturated carbocycles. The van der Waals surface area contributed by atoms with Gasteiger partial charge in [-0.1, -0.05) is 29.8 Å². The van der Waals surface area contributed by atoms with E-state index in [0.29, 0.717) is 41.7 Å². The zero-order chi connectivity index (χ0) is 23.1. The highest BCUT2D eigenvalue weighted by molar-refractivity contribution is 6.32.